The van der Waals surface area contributed by atoms with Crippen molar-refractivity contribution in [2.24, 2.45) is 0 Å². The van der Waals surface area contributed by atoms with E-state index in [2.05, 4.69) is 15.0 Å². The molecule has 0 atom stereocenters. The molecule has 6 heteroatoms. The van der Waals surface area contributed by atoms with Gasteiger partial charge in [-0.2, -0.15) is 4.98 Å². The van der Waals surface area contributed by atoms with Gasteiger partial charge >= 0.3 is 5.69 Å². The average molecular weight is 246 g/mol. The fourth-order valence-corrected chi connectivity index (χ4v) is 2.71. The van der Waals surface area contributed by atoms with Gasteiger partial charge in [-0.25, -0.2) is 14.8 Å². The van der Waals surface area contributed by atoms with E-state index >= 15 is 0 Å². The van der Waals surface area contributed by atoms with Crippen molar-refractivity contribution < 1.29 is 0 Å². The molecular formula is C11H10N4OS. The number of fused-ring (bicyclic) bond motifs is 3. The van der Waals surface area contributed by atoms with Crippen LogP contribution in [0, 0.1) is 0 Å². The minimum atomic E-state index is -0.238. The topological polar surface area (TPSA) is 60.7 Å². The van der Waals surface area contributed by atoms with Gasteiger partial charge in [0, 0.05) is 24.6 Å². The maximum absolute atomic E-state index is 11.8. The van der Waals surface area contributed by atoms with Crippen LogP contribution in [0.2, 0.25) is 0 Å². The van der Waals surface area contributed by atoms with E-state index in [0.29, 0.717) is 11.0 Å². The molecule has 3 aromatic heterocycles. The largest absolute Gasteiger partial charge is 0.348 e. The Morgan fingerprint density at radius 1 is 1.24 bits per heavy atom. The molecule has 17 heavy (non-hydrogen) atoms. The molecule has 0 aromatic carbocycles. The summed E-state index contributed by atoms with van der Waals surface area (Å²) in [5.41, 5.74) is 1.12. The van der Waals surface area contributed by atoms with E-state index in [1.807, 2.05) is 20.0 Å². The summed E-state index contributed by atoms with van der Waals surface area (Å²) in [6.45, 7) is 3.91. The van der Waals surface area contributed by atoms with Gasteiger partial charge < -0.3 is 0 Å². The van der Waals surface area contributed by atoms with Crippen LogP contribution in [0.3, 0.4) is 0 Å². The Labute approximate surface area is 101 Å². The molecule has 86 valence electrons. The van der Waals surface area contributed by atoms with Gasteiger partial charge in [-0.3, -0.25) is 4.57 Å². The quantitative estimate of drug-likeness (QED) is 0.658. The lowest BCUT2D eigenvalue weighted by atomic mass is 10.3. The van der Waals surface area contributed by atoms with E-state index in [1.165, 1.54) is 11.3 Å². The van der Waals surface area contributed by atoms with Gasteiger partial charge in [-0.1, -0.05) is 0 Å². The molecule has 0 aliphatic carbocycles. The van der Waals surface area contributed by atoms with Gasteiger partial charge in [0.25, 0.3) is 0 Å². The second kappa shape index (κ2) is 3.59. The molecule has 3 aromatic rings. The normalized spacial score (nSPS) is 11.7. The van der Waals surface area contributed by atoms with Crippen LogP contribution >= 0.6 is 11.3 Å². The molecule has 0 fully saturated rings. The highest BCUT2D eigenvalue weighted by atomic mass is 32.1. The number of hydrogen-bond acceptors (Lipinski definition) is 5. The van der Waals surface area contributed by atoms with Crippen molar-refractivity contribution in [3.8, 4) is 0 Å². The highest BCUT2D eigenvalue weighted by molar-refractivity contribution is 7.25. The molecule has 0 amide bonds. The predicted molar refractivity (Wildman–Crippen MR) is 67.4 cm³/mol. The van der Waals surface area contributed by atoms with Crippen LogP contribution < -0.4 is 5.69 Å². The third-order valence-electron chi connectivity index (χ3n) is 2.57. The summed E-state index contributed by atoms with van der Waals surface area (Å²) < 4.78 is 2.57. The van der Waals surface area contributed by atoms with E-state index in [0.717, 1.165) is 9.53 Å². The summed E-state index contributed by atoms with van der Waals surface area (Å²) in [7, 11) is 0. The van der Waals surface area contributed by atoms with Gasteiger partial charge in [0.15, 0.2) is 0 Å². The summed E-state index contributed by atoms with van der Waals surface area (Å²) in [5, 5.41) is 0. The lowest BCUT2D eigenvalue weighted by Gasteiger charge is -2.07. The Morgan fingerprint density at radius 2 is 2.00 bits per heavy atom. The molecule has 3 rings (SSSR count). The van der Waals surface area contributed by atoms with Gasteiger partial charge in [-0.15, -0.1) is 11.3 Å². The van der Waals surface area contributed by atoms with Crippen LogP contribution in [0.25, 0.3) is 20.6 Å². The van der Waals surface area contributed by atoms with Gasteiger partial charge in [0.1, 0.15) is 15.9 Å². The number of thiophene rings is 1. The highest BCUT2D eigenvalue weighted by Gasteiger charge is 2.11. The Kier molecular flexibility index (Phi) is 2.19. The number of hydrogen-bond donors (Lipinski definition) is 0. The molecule has 3 heterocycles. The molecule has 0 spiro atoms. The molecule has 0 aliphatic heterocycles. The summed E-state index contributed by atoms with van der Waals surface area (Å²) in [5.74, 6) is 0. The van der Waals surface area contributed by atoms with E-state index in [1.54, 1.807) is 17.0 Å². The standard InChI is InChI=1S/C11H10N4OS/c1-6(2)15-5-7-8(14-11(15)16)9-10(17-7)13-4-3-12-9/h3-6H,1-2H3. The van der Waals surface area contributed by atoms with Crippen molar-refractivity contribution in [1.29, 1.82) is 0 Å². The lowest BCUT2D eigenvalue weighted by molar-refractivity contribution is 0.569. The molecule has 0 bridgehead atoms. The minimum Gasteiger partial charge on any atom is -0.295 e. The van der Waals surface area contributed by atoms with E-state index in [-0.39, 0.29) is 11.7 Å². The smallest absolute Gasteiger partial charge is 0.295 e. The molecule has 0 aliphatic rings. The van der Waals surface area contributed by atoms with Crippen molar-refractivity contribution >= 4 is 31.9 Å². The van der Waals surface area contributed by atoms with Crippen molar-refractivity contribution in [3.05, 3.63) is 29.1 Å². The monoisotopic (exact) mass is 246 g/mol. The molecule has 0 unspecified atom stereocenters. The van der Waals surface area contributed by atoms with Crippen LogP contribution in [0.15, 0.2) is 23.4 Å². The Morgan fingerprint density at radius 3 is 2.76 bits per heavy atom. The van der Waals surface area contributed by atoms with Gasteiger partial charge in [-0.05, 0) is 13.8 Å². The SMILES string of the molecule is CC(C)n1cc2sc3nccnc3c2nc1=O. The van der Waals surface area contributed by atoms with Crippen molar-refractivity contribution in [2.75, 3.05) is 0 Å². The zero-order valence-electron chi connectivity index (χ0n) is 9.41. The van der Waals surface area contributed by atoms with E-state index in [9.17, 15) is 4.79 Å². The Balaban J connectivity index is 2.46. The minimum absolute atomic E-state index is 0.102. The van der Waals surface area contributed by atoms with Crippen molar-refractivity contribution in [3.63, 3.8) is 0 Å². The summed E-state index contributed by atoms with van der Waals surface area (Å²) in [4.78, 5) is 25.2. The second-order valence-corrected chi connectivity index (χ2v) is 5.08. The summed E-state index contributed by atoms with van der Waals surface area (Å²) in [6, 6.07) is 0.102. The molecule has 0 radical (unpaired) electrons. The molecule has 5 nitrogen and oxygen atoms in total. The third-order valence-corrected chi connectivity index (χ3v) is 3.58. The van der Waals surface area contributed by atoms with Crippen LogP contribution in [0.5, 0.6) is 0 Å². The van der Waals surface area contributed by atoms with Crippen molar-refractivity contribution in [2.45, 2.75) is 19.9 Å². The lowest BCUT2D eigenvalue weighted by Crippen LogP contribution is -2.23. The zero-order chi connectivity index (χ0) is 12.0. The Bertz CT molecular complexity index is 759. The molecular weight excluding hydrogens is 236 g/mol. The van der Waals surface area contributed by atoms with Crippen molar-refractivity contribution in [1.82, 2.24) is 19.5 Å². The zero-order valence-corrected chi connectivity index (χ0v) is 10.2. The first-order valence-corrected chi connectivity index (χ1v) is 6.11. The van der Waals surface area contributed by atoms with E-state index < -0.39 is 0 Å². The first kappa shape index (κ1) is 10.3. The fraction of sp³-hybridized carbons (Fsp3) is 0.273. The van der Waals surface area contributed by atoms with E-state index in [4.69, 9.17) is 0 Å². The summed E-state index contributed by atoms with van der Waals surface area (Å²) >= 11 is 1.51. The van der Waals surface area contributed by atoms with Crippen LogP contribution in [-0.4, -0.2) is 19.5 Å². The number of aromatic nitrogens is 4. The highest BCUT2D eigenvalue weighted by Crippen LogP contribution is 2.28. The molecule has 0 saturated carbocycles. The summed E-state index contributed by atoms with van der Waals surface area (Å²) in [6.07, 6.45) is 5.10. The first-order chi connectivity index (χ1) is 8.16. The maximum atomic E-state index is 11.8. The van der Waals surface area contributed by atoms with Crippen LogP contribution in [0.1, 0.15) is 19.9 Å². The average Bonchev–Trinajstić information content (AvgIpc) is 2.65. The molecule has 0 N–H and O–H groups in total. The first-order valence-electron chi connectivity index (χ1n) is 5.29. The van der Waals surface area contributed by atoms with Gasteiger partial charge in [0.2, 0.25) is 0 Å². The predicted octanol–water partition coefficient (Wildman–Crippen LogP) is 1.98. The maximum Gasteiger partial charge on any atom is 0.348 e. The number of nitrogens with zero attached hydrogens (tertiary/aromatic N) is 4. The van der Waals surface area contributed by atoms with Crippen LogP contribution in [-0.2, 0) is 0 Å². The third kappa shape index (κ3) is 1.52. The second-order valence-electron chi connectivity index (χ2n) is 4.05. The van der Waals surface area contributed by atoms with Crippen LogP contribution in [0.4, 0.5) is 0 Å². The number of rotatable bonds is 1. The molecule has 0 saturated heterocycles. The Hall–Kier alpha value is -1.82. The van der Waals surface area contributed by atoms with Gasteiger partial charge in [0.05, 0.1) is 4.70 Å². The fourth-order valence-electron chi connectivity index (χ4n) is 1.73.